The summed E-state index contributed by atoms with van der Waals surface area (Å²) in [6, 6.07) is 31.7. The summed E-state index contributed by atoms with van der Waals surface area (Å²) in [6.45, 7) is 2.20. The van der Waals surface area contributed by atoms with Crippen LogP contribution in [0, 0.1) is 0 Å². The van der Waals surface area contributed by atoms with E-state index in [4.69, 9.17) is 11.6 Å². The van der Waals surface area contributed by atoms with Crippen molar-refractivity contribution in [2.24, 2.45) is 0 Å². The molecule has 0 heterocycles. The fourth-order valence-corrected chi connectivity index (χ4v) is 4.35. The first-order valence-corrected chi connectivity index (χ1v) is 10.6. The Morgan fingerprint density at radius 3 is 1.79 bits per heavy atom. The topological polar surface area (TPSA) is 0 Å². The molecular weight excluding hydrogens is 428 g/mol. The summed E-state index contributed by atoms with van der Waals surface area (Å²) in [5.74, 6) is 0. The average molecular weight is 448 g/mol. The molecule has 0 atom stereocenters. The van der Waals surface area contributed by atoms with Gasteiger partial charge in [0.25, 0.3) is 0 Å². The number of aryl methyl sites for hydroxylation is 1. The van der Waals surface area contributed by atoms with Crippen LogP contribution in [0.4, 0.5) is 0 Å². The van der Waals surface area contributed by atoms with Gasteiger partial charge < -0.3 is 0 Å². The molecule has 4 aromatic rings. The Balaban J connectivity index is 1.99. The van der Waals surface area contributed by atoms with Gasteiger partial charge in [0.15, 0.2) is 0 Å². The monoisotopic (exact) mass is 446 g/mol. The molecule has 0 spiro atoms. The van der Waals surface area contributed by atoms with Crippen LogP contribution < -0.4 is 0 Å². The second kappa shape index (κ2) is 8.34. The van der Waals surface area contributed by atoms with Crippen LogP contribution in [0.25, 0.3) is 33.4 Å². The molecule has 0 bridgehead atoms. The highest BCUT2D eigenvalue weighted by atomic mass is 79.9. The lowest BCUT2D eigenvalue weighted by Crippen LogP contribution is -1.91. The van der Waals surface area contributed by atoms with E-state index in [0.29, 0.717) is 0 Å². The van der Waals surface area contributed by atoms with Crippen LogP contribution in [0.5, 0.6) is 0 Å². The summed E-state index contributed by atoms with van der Waals surface area (Å²) in [5, 5.41) is 0.765. The fourth-order valence-electron chi connectivity index (χ4n) is 3.59. The Bertz CT molecular complexity index is 1070. The van der Waals surface area contributed by atoms with Crippen LogP contribution in [0.2, 0.25) is 5.02 Å². The van der Waals surface area contributed by atoms with E-state index in [2.05, 4.69) is 89.6 Å². The van der Waals surface area contributed by atoms with Crippen LogP contribution in [0.1, 0.15) is 12.5 Å². The highest BCUT2D eigenvalue weighted by Gasteiger charge is 2.12. The predicted octanol–water partition coefficient (Wildman–Crippen LogP) is 8.67. The molecule has 0 aliphatic heterocycles. The summed E-state index contributed by atoms with van der Waals surface area (Å²) in [7, 11) is 0. The summed E-state index contributed by atoms with van der Waals surface area (Å²) in [5.41, 5.74) is 8.34. The van der Waals surface area contributed by atoms with Gasteiger partial charge in [0.1, 0.15) is 0 Å². The zero-order valence-electron chi connectivity index (χ0n) is 15.6. The Hall–Kier alpha value is -2.35. The minimum Gasteiger partial charge on any atom is -0.0837 e. The van der Waals surface area contributed by atoms with E-state index in [1.165, 1.54) is 27.8 Å². The molecule has 0 aromatic heterocycles. The first-order valence-electron chi connectivity index (χ1n) is 9.40. The van der Waals surface area contributed by atoms with Gasteiger partial charge in [-0.2, -0.15) is 0 Å². The van der Waals surface area contributed by atoms with Gasteiger partial charge in [-0.05, 0) is 70.1 Å². The molecule has 0 saturated carbocycles. The van der Waals surface area contributed by atoms with Gasteiger partial charge in [-0.3, -0.25) is 0 Å². The smallest absolute Gasteiger partial charge is 0.0484 e. The Morgan fingerprint density at radius 2 is 1.14 bits per heavy atom. The molecule has 0 amide bonds. The van der Waals surface area contributed by atoms with Crippen LogP contribution in [-0.2, 0) is 6.42 Å². The maximum atomic E-state index is 6.54. The lowest BCUT2D eigenvalue weighted by Gasteiger charge is -2.15. The summed E-state index contributed by atoms with van der Waals surface area (Å²) in [4.78, 5) is 0. The summed E-state index contributed by atoms with van der Waals surface area (Å²) in [6.07, 6.45) is 0.997. The highest BCUT2D eigenvalue weighted by molar-refractivity contribution is 9.10. The largest absolute Gasteiger partial charge is 0.0837 e. The van der Waals surface area contributed by atoms with Crippen molar-refractivity contribution < 1.29 is 0 Å². The van der Waals surface area contributed by atoms with Crippen molar-refractivity contribution in [3.63, 3.8) is 0 Å². The van der Waals surface area contributed by atoms with E-state index in [1.54, 1.807) is 0 Å². The van der Waals surface area contributed by atoms with E-state index in [1.807, 2.05) is 24.3 Å². The van der Waals surface area contributed by atoms with Crippen molar-refractivity contribution in [2.45, 2.75) is 13.3 Å². The molecule has 0 unspecified atom stereocenters. The molecule has 0 aliphatic rings. The van der Waals surface area contributed by atoms with Gasteiger partial charge in [-0.1, -0.05) is 95.1 Å². The van der Waals surface area contributed by atoms with Gasteiger partial charge >= 0.3 is 0 Å². The lowest BCUT2D eigenvalue weighted by molar-refractivity contribution is 1.14. The Morgan fingerprint density at radius 1 is 0.643 bits per heavy atom. The minimum absolute atomic E-state index is 0.765. The molecule has 28 heavy (non-hydrogen) atoms. The van der Waals surface area contributed by atoms with Crippen LogP contribution in [-0.4, -0.2) is 0 Å². The zero-order chi connectivity index (χ0) is 19.5. The maximum Gasteiger partial charge on any atom is 0.0484 e. The first kappa shape index (κ1) is 19.0. The molecule has 0 saturated heterocycles. The fraction of sp³-hybridized carbons (Fsp3) is 0.0769. The third-order valence-electron chi connectivity index (χ3n) is 5.01. The van der Waals surface area contributed by atoms with Gasteiger partial charge in [0.05, 0.1) is 0 Å². The highest BCUT2D eigenvalue weighted by Crippen LogP contribution is 2.38. The van der Waals surface area contributed by atoms with E-state index < -0.39 is 0 Å². The Kier molecular flexibility index (Phi) is 5.66. The molecule has 4 aromatic carbocycles. The quantitative estimate of drug-likeness (QED) is 0.293. The zero-order valence-corrected chi connectivity index (χ0v) is 18.0. The van der Waals surface area contributed by atoms with Crippen molar-refractivity contribution in [3.05, 3.63) is 106 Å². The number of hydrogen-bond acceptors (Lipinski definition) is 0. The summed E-state index contributed by atoms with van der Waals surface area (Å²) < 4.78 is 1.08. The van der Waals surface area contributed by atoms with Gasteiger partial charge in [-0.15, -0.1) is 0 Å². The third kappa shape index (κ3) is 3.78. The van der Waals surface area contributed by atoms with Crippen molar-refractivity contribution in [3.8, 4) is 33.4 Å². The molecular formula is C26H20BrCl. The van der Waals surface area contributed by atoms with Crippen molar-refractivity contribution >= 4 is 27.5 Å². The van der Waals surface area contributed by atoms with Gasteiger partial charge in [-0.25, -0.2) is 0 Å². The molecule has 0 nitrogen and oxygen atoms in total. The molecule has 2 heteroatoms. The second-order valence-electron chi connectivity index (χ2n) is 6.77. The van der Waals surface area contributed by atoms with Crippen molar-refractivity contribution in [2.75, 3.05) is 0 Å². The molecule has 0 N–H and O–H groups in total. The van der Waals surface area contributed by atoms with E-state index in [0.717, 1.165) is 27.0 Å². The standard InChI is InChI=1S/C26H20BrCl/c1-2-18-9-3-4-10-22(18)19-15-20(23-11-5-7-13-25(23)27)17-21(16-19)24-12-6-8-14-26(24)28/h3-17H,2H2,1H3. The molecule has 138 valence electrons. The lowest BCUT2D eigenvalue weighted by atomic mass is 9.91. The summed E-state index contributed by atoms with van der Waals surface area (Å²) >= 11 is 10.2. The average Bonchev–Trinajstić information content (AvgIpc) is 2.74. The number of benzene rings is 4. The maximum absolute atomic E-state index is 6.54. The molecule has 0 fully saturated rings. The van der Waals surface area contributed by atoms with Gasteiger partial charge in [0.2, 0.25) is 0 Å². The van der Waals surface area contributed by atoms with E-state index >= 15 is 0 Å². The van der Waals surface area contributed by atoms with E-state index in [9.17, 15) is 0 Å². The predicted molar refractivity (Wildman–Crippen MR) is 125 cm³/mol. The minimum atomic E-state index is 0.765. The van der Waals surface area contributed by atoms with E-state index in [-0.39, 0.29) is 0 Å². The molecule has 4 rings (SSSR count). The SMILES string of the molecule is CCc1ccccc1-c1cc(-c2ccccc2Cl)cc(-c2ccccc2Br)c1. The van der Waals surface area contributed by atoms with Crippen molar-refractivity contribution in [1.29, 1.82) is 0 Å². The number of hydrogen-bond donors (Lipinski definition) is 0. The van der Waals surface area contributed by atoms with Crippen LogP contribution in [0.3, 0.4) is 0 Å². The normalized spacial score (nSPS) is 10.8. The van der Waals surface area contributed by atoms with Crippen LogP contribution in [0.15, 0.2) is 95.5 Å². The number of halogens is 2. The van der Waals surface area contributed by atoms with Crippen LogP contribution >= 0.6 is 27.5 Å². The second-order valence-corrected chi connectivity index (χ2v) is 8.03. The Labute approximate surface area is 180 Å². The molecule has 0 aliphatic carbocycles. The van der Waals surface area contributed by atoms with Gasteiger partial charge in [0, 0.05) is 15.1 Å². The molecule has 0 radical (unpaired) electrons. The number of rotatable bonds is 4. The van der Waals surface area contributed by atoms with Crippen molar-refractivity contribution in [1.82, 2.24) is 0 Å². The third-order valence-corrected chi connectivity index (χ3v) is 6.03. The first-order chi connectivity index (χ1) is 13.7.